The summed E-state index contributed by atoms with van der Waals surface area (Å²) >= 11 is 3.37. The lowest BCUT2D eigenvalue weighted by Gasteiger charge is -2.19. The van der Waals surface area contributed by atoms with E-state index in [2.05, 4.69) is 30.7 Å². The molecular weight excluding hydrogens is 508 g/mol. The van der Waals surface area contributed by atoms with Gasteiger partial charge in [0.1, 0.15) is 16.2 Å². The number of halogens is 1. The van der Waals surface area contributed by atoms with Crippen LogP contribution in [-0.2, 0) is 10.0 Å². The highest BCUT2D eigenvalue weighted by Gasteiger charge is 2.29. The van der Waals surface area contributed by atoms with Gasteiger partial charge in [0.15, 0.2) is 5.84 Å². The minimum Gasteiger partial charge on any atom is -0.506 e. The van der Waals surface area contributed by atoms with Crippen molar-refractivity contribution in [2.45, 2.75) is 4.90 Å². The number of fused-ring (bicyclic) bond motifs is 2. The molecule has 1 aliphatic heterocycles. The Labute approximate surface area is 196 Å². The zero-order valence-electron chi connectivity index (χ0n) is 16.8. The first-order chi connectivity index (χ1) is 15.8. The Bertz CT molecular complexity index is 1640. The molecule has 2 heterocycles. The molecule has 0 aliphatic carbocycles. The quantitative estimate of drug-likeness (QED) is 0.396. The molecular formula is C23H15BrN4O4S. The van der Waals surface area contributed by atoms with E-state index in [9.17, 15) is 18.3 Å². The Hall–Kier alpha value is -3.76. The first-order valence-corrected chi connectivity index (χ1v) is 12.0. The van der Waals surface area contributed by atoms with E-state index >= 15 is 0 Å². The van der Waals surface area contributed by atoms with Crippen LogP contribution in [0.25, 0.3) is 10.9 Å². The van der Waals surface area contributed by atoms with Gasteiger partial charge in [0.2, 0.25) is 0 Å². The van der Waals surface area contributed by atoms with Crippen LogP contribution in [0.3, 0.4) is 0 Å². The molecule has 10 heteroatoms. The first kappa shape index (κ1) is 21.1. The molecule has 1 aromatic heterocycles. The van der Waals surface area contributed by atoms with Crippen molar-refractivity contribution in [1.82, 2.24) is 4.68 Å². The molecule has 5 rings (SSSR count). The van der Waals surface area contributed by atoms with Gasteiger partial charge in [0, 0.05) is 9.86 Å². The Morgan fingerprint density at radius 1 is 1.00 bits per heavy atom. The Morgan fingerprint density at radius 2 is 1.70 bits per heavy atom. The molecule has 0 amide bonds. The summed E-state index contributed by atoms with van der Waals surface area (Å²) in [7, 11) is -4.08. The molecule has 1 aliphatic rings. The van der Waals surface area contributed by atoms with Gasteiger partial charge in [-0.2, -0.15) is 18.2 Å². The van der Waals surface area contributed by atoms with Crippen molar-refractivity contribution in [2.24, 2.45) is 9.50 Å². The summed E-state index contributed by atoms with van der Waals surface area (Å²) < 4.78 is 31.2. The summed E-state index contributed by atoms with van der Waals surface area (Å²) in [5.74, 6) is -0.652. The van der Waals surface area contributed by atoms with Gasteiger partial charge in [-0.05, 0) is 42.0 Å². The smallest absolute Gasteiger partial charge is 0.286 e. The average molecular weight is 523 g/mol. The van der Waals surface area contributed by atoms with Crippen LogP contribution in [0.5, 0.6) is 5.75 Å². The summed E-state index contributed by atoms with van der Waals surface area (Å²) in [5.41, 5.74) is 0.352. The highest BCUT2D eigenvalue weighted by molar-refractivity contribution is 9.10. The summed E-state index contributed by atoms with van der Waals surface area (Å²) in [6.45, 7) is 0. The minimum absolute atomic E-state index is 0.0115. The van der Waals surface area contributed by atoms with Crippen LogP contribution < -0.4 is 10.9 Å². The fourth-order valence-electron chi connectivity index (χ4n) is 3.53. The molecule has 33 heavy (non-hydrogen) atoms. The Morgan fingerprint density at radius 3 is 2.48 bits per heavy atom. The maximum Gasteiger partial charge on any atom is 0.286 e. The summed E-state index contributed by atoms with van der Waals surface area (Å²) in [4.78, 5) is 13.5. The van der Waals surface area contributed by atoms with Gasteiger partial charge in [0.05, 0.1) is 17.4 Å². The lowest BCUT2D eigenvalue weighted by Crippen LogP contribution is -2.31. The third kappa shape index (κ3) is 3.73. The van der Waals surface area contributed by atoms with Crippen molar-refractivity contribution in [2.75, 3.05) is 5.32 Å². The molecule has 8 nitrogen and oxygen atoms in total. The minimum atomic E-state index is -4.08. The number of nitrogens with zero attached hydrogens (tertiary/aromatic N) is 3. The van der Waals surface area contributed by atoms with Crippen molar-refractivity contribution >= 4 is 54.6 Å². The van der Waals surface area contributed by atoms with Crippen LogP contribution >= 0.6 is 15.9 Å². The third-order valence-corrected chi connectivity index (χ3v) is 6.95. The number of benzene rings is 3. The third-order valence-electron chi connectivity index (χ3n) is 5.09. The van der Waals surface area contributed by atoms with Gasteiger partial charge < -0.3 is 10.4 Å². The van der Waals surface area contributed by atoms with Gasteiger partial charge in [-0.3, -0.25) is 4.79 Å². The van der Waals surface area contributed by atoms with E-state index in [4.69, 9.17) is 0 Å². The monoisotopic (exact) mass is 522 g/mol. The molecule has 164 valence electrons. The molecule has 0 saturated carbocycles. The number of hydrogen-bond donors (Lipinski definition) is 2. The fourth-order valence-corrected chi connectivity index (χ4v) is 4.92. The summed E-state index contributed by atoms with van der Waals surface area (Å²) in [6, 6.07) is 20.2. The number of aromatic hydroxyl groups is 1. The number of para-hydroxylation sites is 2. The zero-order valence-corrected chi connectivity index (χ0v) is 19.2. The maximum atomic E-state index is 13.5. The molecule has 0 unspecified atom stereocenters. The number of aromatic nitrogens is 1. The van der Waals surface area contributed by atoms with Crippen LogP contribution in [0.1, 0.15) is 11.1 Å². The lowest BCUT2D eigenvalue weighted by molar-refractivity contribution is 0.478. The lowest BCUT2D eigenvalue weighted by atomic mass is 10.1. The predicted octanol–water partition coefficient (Wildman–Crippen LogP) is 3.91. The van der Waals surface area contributed by atoms with Gasteiger partial charge in [-0.15, -0.1) is 4.40 Å². The fraction of sp³-hybridized carbons (Fsp3) is 0. The van der Waals surface area contributed by atoms with Crippen molar-refractivity contribution < 1.29 is 13.5 Å². The Balaban J connectivity index is 1.74. The summed E-state index contributed by atoms with van der Waals surface area (Å²) in [5, 5.41) is 18.5. The van der Waals surface area contributed by atoms with Crippen LogP contribution in [0.4, 0.5) is 5.69 Å². The second kappa shape index (κ2) is 7.98. The van der Waals surface area contributed by atoms with Gasteiger partial charge in [-0.25, -0.2) is 0 Å². The topological polar surface area (TPSA) is 113 Å². The second-order valence-corrected chi connectivity index (χ2v) is 9.68. The van der Waals surface area contributed by atoms with Crippen LogP contribution in [0.2, 0.25) is 0 Å². The normalized spacial score (nSPS) is 14.6. The largest absolute Gasteiger partial charge is 0.506 e. The van der Waals surface area contributed by atoms with Crippen molar-refractivity contribution in [3.63, 3.8) is 0 Å². The summed E-state index contributed by atoms with van der Waals surface area (Å²) in [6.07, 6.45) is 1.50. The van der Waals surface area contributed by atoms with Crippen LogP contribution in [-0.4, -0.2) is 30.3 Å². The molecule has 0 atom stereocenters. The molecule has 0 fully saturated rings. The molecule has 4 aromatic rings. The highest BCUT2D eigenvalue weighted by atomic mass is 79.9. The van der Waals surface area contributed by atoms with Crippen molar-refractivity contribution in [3.05, 3.63) is 98.7 Å². The Kier molecular flexibility index (Phi) is 5.10. The molecule has 0 radical (unpaired) electrons. The molecule has 3 aromatic carbocycles. The van der Waals surface area contributed by atoms with E-state index in [1.54, 1.807) is 42.5 Å². The van der Waals surface area contributed by atoms with Crippen molar-refractivity contribution in [3.8, 4) is 5.75 Å². The number of sulfonamides is 1. The van der Waals surface area contributed by atoms with Gasteiger partial charge in [0.25, 0.3) is 15.6 Å². The van der Waals surface area contributed by atoms with E-state index in [0.29, 0.717) is 10.9 Å². The predicted molar refractivity (Wildman–Crippen MR) is 131 cm³/mol. The molecule has 0 bridgehead atoms. The number of amidine groups is 1. The average Bonchev–Trinajstić information content (AvgIpc) is 2.80. The van der Waals surface area contributed by atoms with Gasteiger partial charge in [-0.1, -0.05) is 52.3 Å². The zero-order chi connectivity index (χ0) is 23.2. The van der Waals surface area contributed by atoms with Crippen molar-refractivity contribution in [1.29, 1.82) is 0 Å². The number of rotatable bonds is 3. The van der Waals surface area contributed by atoms with E-state index in [0.717, 1.165) is 14.7 Å². The second-order valence-electron chi connectivity index (χ2n) is 7.19. The number of anilines is 1. The van der Waals surface area contributed by atoms with E-state index in [-0.39, 0.29) is 27.7 Å². The number of hydrogen-bond acceptors (Lipinski definition) is 6. The number of nitrogens with one attached hydrogen (secondary N) is 1. The highest BCUT2D eigenvalue weighted by Crippen LogP contribution is 2.32. The SMILES string of the molecule is O=c1c(C2=NS(=O)(=O)c3ccccc3N2)c(O)c2ccccc2n1/N=C/c1ccc(Br)cc1. The molecule has 0 spiro atoms. The van der Waals surface area contributed by atoms with Crippen LogP contribution in [0.15, 0.2) is 96.5 Å². The van der Waals surface area contributed by atoms with E-state index in [1.807, 2.05) is 24.3 Å². The first-order valence-electron chi connectivity index (χ1n) is 9.73. The maximum absolute atomic E-state index is 13.5. The van der Waals surface area contributed by atoms with E-state index in [1.165, 1.54) is 12.3 Å². The van der Waals surface area contributed by atoms with Gasteiger partial charge >= 0.3 is 0 Å². The van der Waals surface area contributed by atoms with Crippen LogP contribution in [0, 0.1) is 0 Å². The molecule has 2 N–H and O–H groups in total. The standard InChI is InChI=1S/C23H15BrN4O4S/c24-15-11-9-14(10-12-15)13-25-28-18-7-3-1-5-16(18)21(29)20(23(28)30)22-26-17-6-2-4-8-19(17)33(31,32)27-22/h1-13,29H,(H,26,27)/b25-13+. The molecule has 0 saturated heterocycles. The number of pyridine rings is 1. The van der Waals surface area contributed by atoms with E-state index < -0.39 is 15.6 Å².